The molecule has 3 rings (SSSR count). The Morgan fingerprint density at radius 2 is 1.84 bits per heavy atom. The van der Waals surface area contributed by atoms with Crippen molar-refractivity contribution in [3.05, 3.63) is 24.3 Å². The van der Waals surface area contributed by atoms with E-state index in [1.165, 1.54) is 12.8 Å². The molecule has 1 aromatic carbocycles. The summed E-state index contributed by atoms with van der Waals surface area (Å²) < 4.78 is 5.19. The fraction of sp³-hybridized carbons (Fsp3) is 0.462. The summed E-state index contributed by atoms with van der Waals surface area (Å²) in [4.78, 5) is 0.921. The highest BCUT2D eigenvalue weighted by molar-refractivity contribution is 8.17. The number of methoxy groups -OCH3 is 1. The van der Waals surface area contributed by atoms with Gasteiger partial charge < -0.3 is 9.82 Å². The lowest BCUT2D eigenvalue weighted by Crippen LogP contribution is -2.42. The van der Waals surface area contributed by atoms with Gasteiger partial charge in [0.25, 0.3) is 0 Å². The lowest BCUT2D eigenvalue weighted by molar-refractivity contribution is 0.415. The Labute approximate surface area is 124 Å². The molecule has 3 nitrogen and oxygen atoms in total. The largest absolute Gasteiger partial charge is 0.497 e. The number of rotatable bonds is 2. The highest BCUT2D eigenvalue weighted by Gasteiger charge is 2.48. The smallest absolute Gasteiger partial charge is 0.126 e. The van der Waals surface area contributed by atoms with Gasteiger partial charge >= 0.3 is 0 Å². The summed E-state index contributed by atoms with van der Waals surface area (Å²) in [6.45, 7) is 0. The molecule has 1 heterocycles. The van der Waals surface area contributed by atoms with Crippen LogP contribution in [0.5, 0.6) is 5.75 Å². The molecule has 0 radical (unpaired) electrons. The van der Waals surface area contributed by atoms with E-state index in [0.717, 1.165) is 28.9 Å². The van der Waals surface area contributed by atoms with Crippen molar-refractivity contribution in [3.8, 4) is 5.75 Å². The van der Waals surface area contributed by atoms with E-state index in [2.05, 4.69) is 10.2 Å². The standard InChI is InChI=1S/C13H17N2OPS2/c1-16-10-4-6-11(7-5-10)17(19)14-12(18)13(15-17)8-2-3-9-13/h4-7H,2-3,8-9H2,1H3,(H2,14,15,18,19). The number of hydrogen-bond donors (Lipinski definition) is 2. The maximum Gasteiger partial charge on any atom is 0.126 e. The summed E-state index contributed by atoms with van der Waals surface area (Å²) in [5.41, 5.74) is -0.0369. The van der Waals surface area contributed by atoms with Crippen molar-refractivity contribution in [2.45, 2.75) is 31.2 Å². The Morgan fingerprint density at radius 1 is 1.21 bits per heavy atom. The Kier molecular flexibility index (Phi) is 3.42. The van der Waals surface area contributed by atoms with Crippen LogP contribution in [0.1, 0.15) is 25.7 Å². The molecule has 2 N–H and O–H groups in total. The fourth-order valence-corrected chi connectivity index (χ4v) is 7.27. The molecule has 2 fully saturated rings. The molecular formula is C13H17N2OPS2. The molecule has 1 spiro atoms. The average molecular weight is 312 g/mol. The molecule has 2 aliphatic rings. The quantitative estimate of drug-likeness (QED) is 0.648. The summed E-state index contributed by atoms with van der Waals surface area (Å²) in [6, 6.07) is 7.98. The summed E-state index contributed by atoms with van der Waals surface area (Å²) in [7, 11) is 1.67. The van der Waals surface area contributed by atoms with Crippen molar-refractivity contribution in [1.29, 1.82) is 0 Å². The number of nitrogens with one attached hydrogen (secondary N) is 2. The Hall–Kier alpha value is -0.480. The van der Waals surface area contributed by atoms with Gasteiger partial charge in [-0.1, -0.05) is 36.9 Å². The molecule has 1 atom stereocenters. The minimum absolute atomic E-state index is 0.0369. The lowest BCUT2D eigenvalue weighted by Gasteiger charge is -2.24. The van der Waals surface area contributed by atoms with Crippen molar-refractivity contribution in [3.63, 3.8) is 0 Å². The second kappa shape index (κ2) is 4.81. The van der Waals surface area contributed by atoms with Gasteiger partial charge in [-0.15, -0.1) is 0 Å². The van der Waals surface area contributed by atoms with Gasteiger partial charge in [0.15, 0.2) is 0 Å². The molecule has 1 unspecified atom stereocenters. The number of thiocarbonyl (C=S) groups is 1. The van der Waals surface area contributed by atoms with E-state index in [4.69, 9.17) is 28.8 Å². The van der Waals surface area contributed by atoms with Crippen molar-refractivity contribution in [1.82, 2.24) is 10.2 Å². The van der Waals surface area contributed by atoms with Crippen LogP contribution < -0.4 is 20.2 Å². The second-order valence-electron chi connectivity index (χ2n) is 5.15. The molecule has 1 aromatic rings. The van der Waals surface area contributed by atoms with E-state index in [1.54, 1.807) is 7.11 Å². The molecule has 0 bridgehead atoms. The summed E-state index contributed by atoms with van der Waals surface area (Å²) in [5, 5.41) is 8.22. The minimum Gasteiger partial charge on any atom is -0.497 e. The Bertz CT molecular complexity index is 552. The van der Waals surface area contributed by atoms with Crippen LogP contribution in [0.4, 0.5) is 0 Å². The third-order valence-corrected chi connectivity index (χ3v) is 8.09. The molecule has 1 aliphatic heterocycles. The number of ether oxygens (including phenoxy) is 1. The van der Waals surface area contributed by atoms with E-state index in [-0.39, 0.29) is 5.54 Å². The van der Waals surface area contributed by atoms with Crippen molar-refractivity contribution >= 4 is 40.7 Å². The van der Waals surface area contributed by atoms with Crippen LogP contribution in [0.25, 0.3) is 0 Å². The molecule has 19 heavy (non-hydrogen) atoms. The van der Waals surface area contributed by atoms with Crippen LogP contribution >= 0.6 is 18.6 Å². The third kappa shape index (κ3) is 2.23. The maximum atomic E-state index is 5.86. The third-order valence-electron chi connectivity index (χ3n) is 3.96. The van der Waals surface area contributed by atoms with Gasteiger partial charge in [0.2, 0.25) is 0 Å². The summed E-state index contributed by atoms with van der Waals surface area (Å²) >= 11 is 11.4. The van der Waals surface area contributed by atoms with Crippen molar-refractivity contribution in [2.24, 2.45) is 0 Å². The zero-order chi connectivity index (χ0) is 13.5. The molecule has 0 amide bonds. The van der Waals surface area contributed by atoms with Crippen molar-refractivity contribution in [2.75, 3.05) is 7.11 Å². The molecule has 0 aromatic heterocycles. The zero-order valence-corrected chi connectivity index (χ0v) is 13.3. The molecule has 1 saturated heterocycles. The normalized spacial score (nSPS) is 28.6. The molecule has 1 aliphatic carbocycles. The molecule has 1 saturated carbocycles. The van der Waals surface area contributed by atoms with Crippen LogP contribution in [0, 0.1) is 0 Å². The van der Waals surface area contributed by atoms with Gasteiger partial charge in [-0.25, -0.2) is 0 Å². The van der Waals surface area contributed by atoms with Gasteiger partial charge in [0, 0.05) is 5.30 Å². The van der Waals surface area contributed by atoms with Crippen LogP contribution in [-0.4, -0.2) is 17.6 Å². The zero-order valence-electron chi connectivity index (χ0n) is 10.8. The second-order valence-corrected chi connectivity index (χ2v) is 9.38. The highest BCUT2D eigenvalue weighted by Crippen LogP contribution is 2.49. The first-order valence-corrected chi connectivity index (χ1v) is 9.66. The Balaban J connectivity index is 1.92. The predicted octanol–water partition coefficient (Wildman–Crippen LogP) is 2.46. The van der Waals surface area contributed by atoms with Crippen molar-refractivity contribution < 1.29 is 4.74 Å². The summed E-state index contributed by atoms with van der Waals surface area (Å²) in [5.74, 6) is 0.850. The fourth-order valence-electron chi connectivity index (χ4n) is 2.87. The van der Waals surface area contributed by atoms with E-state index in [9.17, 15) is 0 Å². The predicted molar refractivity (Wildman–Crippen MR) is 87.0 cm³/mol. The first kappa shape index (κ1) is 13.5. The van der Waals surface area contributed by atoms with E-state index >= 15 is 0 Å². The highest BCUT2D eigenvalue weighted by atomic mass is 32.4. The Morgan fingerprint density at radius 3 is 2.42 bits per heavy atom. The van der Waals surface area contributed by atoms with E-state index in [0.29, 0.717) is 0 Å². The molecular weight excluding hydrogens is 295 g/mol. The first-order valence-electron chi connectivity index (χ1n) is 6.45. The van der Waals surface area contributed by atoms with Crippen LogP contribution in [0.3, 0.4) is 0 Å². The summed E-state index contributed by atoms with van der Waals surface area (Å²) in [6.07, 6.45) is 2.68. The van der Waals surface area contributed by atoms with Gasteiger partial charge in [0.05, 0.1) is 12.6 Å². The molecule has 102 valence electrons. The number of benzene rings is 1. The van der Waals surface area contributed by atoms with Gasteiger partial charge in [0.1, 0.15) is 17.1 Å². The maximum absolute atomic E-state index is 5.86. The lowest BCUT2D eigenvalue weighted by atomic mass is 10.00. The van der Waals surface area contributed by atoms with Gasteiger partial charge in [-0.05, 0) is 37.1 Å². The van der Waals surface area contributed by atoms with Gasteiger partial charge in [-0.3, -0.25) is 5.09 Å². The van der Waals surface area contributed by atoms with Gasteiger partial charge in [-0.2, -0.15) is 0 Å². The number of hydrogen-bond acceptors (Lipinski definition) is 3. The molecule has 6 heteroatoms. The minimum atomic E-state index is -1.99. The first-order chi connectivity index (χ1) is 9.08. The van der Waals surface area contributed by atoms with E-state index < -0.39 is 6.34 Å². The van der Waals surface area contributed by atoms with Crippen LogP contribution in [0.2, 0.25) is 0 Å². The topological polar surface area (TPSA) is 33.3 Å². The van der Waals surface area contributed by atoms with E-state index in [1.807, 2.05) is 24.3 Å². The van der Waals surface area contributed by atoms with Crippen LogP contribution in [-0.2, 0) is 11.8 Å². The van der Waals surface area contributed by atoms with Crippen LogP contribution in [0.15, 0.2) is 24.3 Å². The monoisotopic (exact) mass is 312 g/mol. The average Bonchev–Trinajstić information content (AvgIpc) is 2.97. The SMILES string of the molecule is COc1ccc(P2(=S)NC(=S)C3(CCCC3)N2)cc1.